The Balaban J connectivity index is 1.48. The molecular weight excluding hydrogens is 413 g/mol. The molecule has 1 heterocycles. The largest absolute Gasteiger partial charge is 0.471 e. The first-order chi connectivity index (χ1) is 14.6. The van der Waals surface area contributed by atoms with Crippen molar-refractivity contribution >= 4 is 29.2 Å². The summed E-state index contributed by atoms with van der Waals surface area (Å²) in [4.78, 5) is 51.3. The Kier molecular flexibility index (Phi) is 4.19. The molecule has 4 aliphatic carbocycles. The van der Waals surface area contributed by atoms with E-state index in [0.29, 0.717) is 16.7 Å². The van der Waals surface area contributed by atoms with E-state index in [1.54, 1.807) is 0 Å². The lowest BCUT2D eigenvalue weighted by Crippen LogP contribution is -2.49. The number of anilines is 1. The number of alkyl halides is 3. The molecule has 2 saturated carbocycles. The number of carbonyl (C=O) groups excluding carboxylic acids is 4. The fraction of sp³-hybridized carbons (Fsp3) is 0.455. The van der Waals surface area contributed by atoms with E-state index in [1.807, 2.05) is 12.2 Å². The van der Waals surface area contributed by atoms with Crippen LogP contribution in [0.15, 0.2) is 36.4 Å². The van der Waals surface area contributed by atoms with Crippen LogP contribution in [0.5, 0.6) is 0 Å². The van der Waals surface area contributed by atoms with E-state index in [9.17, 15) is 32.3 Å². The second-order valence-electron chi connectivity index (χ2n) is 8.74. The van der Waals surface area contributed by atoms with Crippen LogP contribution in [0.25, 0.3) is 0 Å². The van der Waals surface area contributed by atoms with Gasteiger partial charge in [0, 0.05) is 11.3 Å². The normalized spacial score (nSPS) is 32.7. The lowest BCUT2D eigenvalue weighted by Gasteiger charge is -2.37. The lowest BCUT2D eigenvalue weighted by atomic mass is 9.63. The summed E-state index contributed by atoms with van der Waals surface area (Å²) in [6, 6.07) is 5.17. The lowest BCUT2D eigenvalue weighted by molar-refractivity contribution is -0.171. The summed E-state index contributed by atoms with van der Waals surface area (Å²) in [5.74, 6) is -4.22. The standard InChI is InChI=1S/C22H19F3N2O4/c1-10(28)11-3-2-4-12(7-11)26(21(31)22(23,24)25)9-27-19(29)17-13-5-6-14(16-8-15(13)16)18(17)20(27)30/h2-7,13-18H,8-9H2,1H3/t13-,14+,15-,16-,17+,18+/m1/s1. The molecule has 0 spiro atoms. The minimum Gasteiger partial charge on any atom is -0.295 e. The smallest absolute Gasteiger partial charge is 0.295 e. The molecule has 0 N–H and O–H groups in total. The van der Waals surface area contributed by atoms with Crippen molar-refractivity contribution < 1.29 is 32.3 Å². The highest BCUT2D eigenvalue weighted by molar-refractivity contribution is 6.08. The Hall–Kier alpha value is -2.97. The predicted octanol–water partition coefficient (Wildman–Crippen LogP) is 2.80. The van der Waals surface area contributed by atoms with Crippen LogP contribution in [0.1, 0.15) is 23.7 Å². The molecule has 9 heteroatoms. The Morgan fingerprint density at radius 2 is 1.65 bits per heavy atom. The van der Waals surface area contributed by atoms with Gasteiger partial charge >= 0.3 is 12.1 Å². The third-order valence-electron chi connectivity index (χ3n) is 7.09. The topological polar surface area (TPSA) is 74.8 Å². The van der Waals surface area contributed by atoms with Crippen molar-refractivity contribution in [1.82, 2.24) is 4.90 Å². The fourth-order valence-corrected chi connectivity index (χ4v) is 5.61. The molecule has 1 aliphatic heterocycles. The van der Waals surface area contributed by atoms with Gasteiger partial charge in [-0.1, -0.05) is 24.3 Å². The van der Waals surface area contributed by atoms with Gasteiger partial charge in [-0.15, -0.1) is 0 Å². The summed E-state index contributed by atoms with van der Waals surface area (Å²) in [5.41, 5.74) is -0.0815. The maximum atomic E-state index is 13.3. The zero-order valence-electron chi connectivity index (χ0n) is 16.5. The number of Topliss-reactive ketones (excluding diaryl/α,β-unsaturated/α-hetero) is 1. The SMILES string of the molecule is CC(=O)c1cccc(N(CN2C(=O)[C@H]3[C@@H]4C=C[C@@H]([C@H]5C[C@H]45)[C@@H]3C2=O)C(=O)C(F)(F)F)c1. The van der Waals surface area contributed by atoms with Crippen LogP contribution in [0.2, 0.25) is 0 Å². The van der Waals surface area contributed by atoms with Gasteiger partial charge < -0.3 is 0 Å². The zero-order valence-corrected chi connectivity index (χ0v) is 16.5. The van der Waals surface area contributed by atoms with Gasteiger partial charge in [-0.2, -0.15) is 13.2 Å². The average Bonchev–Trinajstić information content (AvgIpc) is 3.51. The molecule has 2 bridgehead atoms. The molecule has 6 rings (SSSR count). The maximum Gasteiger partial charge on any atom is 0.471 e. The van der Waals surface area contributed by atoms with Gasteiger partial charge in [0.2, 0.25) is 11.8 Å². The highest BCUT2D eigenvalue weighted by atomic mass is 19.4. The Labute approximate surface area is 175 Å². The molecule has 0 unspecified atom stereocenters. The van der Waals surface area contributed by atoms with E-state index in [2.05, 4.69) is 0 Å². The molecule has 6 atom stereocenters. The number of carbonyl (C=O) groups is 4. The number of benzene rings is 1. The molecule has 0 radical (unpaired) electrons. The molecule has 31 heavy (non-hydrogen) atoms. The summed E-state index contributed by atoms with van der Waals surface area (Å²) < 4.78 is 40.0. The molecule has 5 aliphatic rings. The van der Waals surface area contributed by atoms with Crippen LogP contribution < -0.4 is 4.90 Å². The third kappa shape index (κ3) is 2.93. The van der Waals surface area contributed by atoms with Gasteiger partial charge in [0.25, 0.3) is 0 Å². The van der Waals surface area contributed by atoms with Gasteiger partial charge in [0.05, 0.1) is 11.8 Å². The summed E-state index contributed by atoms with van der Waals surface area (Å²) in [7, 11) is 0. The summed E-state index contributed by atoms with van der Waals surface area (Å²) in [5, 5.41) is 0. The number of allylic oxidation sites excluding steroid dienone is 2. The van der Waals surface area contributed by atoms with Crippen molar-refractivity contribution in [2.45, 2.75) is 19.5 Å². The van der Waals surface area contributed by atoms with E-state index in [0.717, 1.165) is 17.4 Å². The third-order valence-corrected chi connectivity index (χ3v) is 7.09. The number of imide groups is 1. The quantitative estimate of drug-likeness (QED) is 0.417. The molecule has 1 aromatic rings. The van der Waals surface area contributed by atoms with Crippen molar-refractivity contribution in [3.05, 3.63) is 42.0 Å². The average molecular weight is 432 g/mol. The second kappa shape index (κ2) is 6.51. The molecule has 0 aromatic heterocycles. The van der Waals surface area contributed by atoms with Crippen molar-refractivity contribution in [2.24, 2.45) is 35.5 Å². The first-order valence-corrected chi connectivity index (χ1v) is 10.1. The van der Waals surface area contributed by atoms with Gasteiger partial charge in [-0.05, 0) is 49.1 Å². The highest BCUT2D eigenvalue weighted by Gasteiger charge is 2.67. The first-order valence-electron chi connectivity index (χ1n) is 10.1. The Morgan fingerprint density at radius 1 is 1.06 bits per heavy atom. The maximum absolute atomic E-state index is 13.3. The van der Waals surface area contributed by atoms with Crippen LogP contribution in [-0.4, -0.2) is 41.2 Å². The second-order valence-corrected chi connectivity index (χ2v) is 8.74. The van der Waals surface area contributed by atoms with Crippen molar-refractivity contribution in [1.29, 1.82) is 0 Å². The van der Waals surface area contributed by atoms with E-state index >= 15 is 0 Å². The number of hydrogen-bond donors (Lipinski definition) is 0. The minimum absolute atomic E-state index is 0.0748. The van der Waals surface area contributed by atoms with Crippen LogP contribution in [-0.2, 0) is 14.4 Å². The van der Waals surface area contributed by atoms with Gasteiger partial charge in [0.1, 0.15) is 6.67 Å². The summed E-state index contributed by atoms with van der Waals surface area (Å²) in [6.45, 7) is 0.417. The molecule has 3 fully saturated rings. The zero-order chi connectivity index (χ0) is 22.2. The highest BCUT2D eigenvalue weighted by Crippen LogP contribution is 2.65. The van der Waals surface area contributed by atoms with Crippen LogP contribution >= 0.6 is 0 Å². The van der Waals surface area contributed by atoms with Crippen LogP contribution in [0.3, 0.4) is 0 Å². The molecule has 1 saturated heterocycles. The monoisotopic (exact) mass is 432 g/mol. The van der Waals surface area contributed by atoms with E-state index in [-0.39, 0.29) is 28.9 Å². The molecule has 3 amide bonds. The van der Waals surface area contributed by atoms with Gasteiger partial charge in [0.15, 0.2) is 5.78 Å². The van der Waals surface area contributed by atoms with Crippen molar-refractivity contribution in [3.63, 3.8) is 0 Å². The molecule has 6 nitrogen and oxygen atoms in total. The summed E-state index contributed by atoms with van der Waals surface area (Å²) >= 11 is 0. The van der Waals surface area contributed by atoms with Crippen LogP contribution in [0.4, 0.5) is 18.9 Å². The molecule has 162 valence electrons. The summed E-state index contributed by atoms with van der Waals surface area (Å²) in [6.07, 6.45) is -0.327. The van der Waals surface area contributed by atoms with Crippen molar-refractivity contribution in [2.75, 3.05) is 11.6 Å². The van der Waals surface area contributed by atoms with Crippen molar-refractivity contribution in [3.8, 4) is 0 Å². The van der Waals surface area contributed by atoms with E-state index in [4.69, 9.17) is 0 Å². The Bertz CT molecular complexity index is 1010. The number of halogens is 3. The number of rotatable bonds is 4. The van der Waals surface area contributed by atoms with Gasteiger partial charge in [-0.25, -0.2) is 0 Å². The fourth-order valence-electron chi connectivity index (χ4n) is 5.61. The van der Waals surface area contributed by atoms with Crippen LogP contribution in [0, 0.1) is 35.5 Å². The molecule has 1 aromatic carbocycles. The number of ketones is 1. The minimum atomic E-state index is -5.22. The van der Waals surface area contributed by atoms with E-state index in [1.165, 1.54) is 25.1 Å². The predicted molar refractivity (Wildman–Crippen MR) is 101 cm³/mol. The first kappa shape index (κ1) is 20.0. The molecular formula is C22H19F3N2O4. The van der Waals surface area contributed by atoms with E-state index < -0.39 is 42.4 Å². The number of nitrogens with zero attached hydrogens (tertiary/aromatic N) is 2. The number of likely N-dealkylation sites (tertiary alicyclic amines) is 1. The number of hydrogen-bond acceptors (Lipinski definition) is 4. The van der Waals surface area contributed by atoms with Gasteiger partial charge in [-0.3, -0.25) is 29.0 Å². The Morgan fingerprint density at radius 3 is 2.16 bits per heavy atom. The number of amides is 3.